The van der Waals surface area contributed by atoms with Gasteiger partial charge in [-0.2, -0.15) is 0 Å². The van der Waals surface area contributed by atoms with Crippen LogP contribution < -0.4 is 0 Å². The Morgan fingerprint density at radius 3 is 2.81 bits per heavy atom. The molecule has 1 aromatic carbocycles. The van der Waals surface area contributed by atoms with Crippen molar-refractivity contribution in [1.29, 1.82) is 0 Å². The lowest BCUT2D eigenvalue weighted by molar-refractivity contribution is -0.134. The molecule has 4 rings (SSSR count). The van der Waals surface area contributed by atoms with Crippen LogP contribution >= 0.6 is 0 Å². The number of carbonyl (C=O) groups excluding carboxylic acids is 1. The molecule has 144 valence electrons. The summed E-state index contributed by atoms with van der Waals surface area (Å²) in [6.07, 6.45) is 6.59. The molecule has 1 atom stereocenters. The van der Waals surface area contributed by atoms with Crippen molar-refractivity contribution < 1.29 is 14.3 Å². The number of piperidine rings is 1. The zero-order valence-corrected chi connectivity index (χ0v) is 15.8. The highest BCUT2D eigenvalue weighted by Crippen LogP contribution is 2.37. The Balaban J connectivity index is 1.31. The summed E-state index contributed by atoms with van der Waals surface area (Å²) in [6, 6.07) is 8.29. The molecular formula is C21H27N3O3. The fraction of sp³-hybridized carbons (Fsp3) is 0.524. The molecule has 1 saturated heterocycles. The number of rotatable bonds is 7. The van der Waals surface area contributed by atoms with E-state index in [0.717, 1.165) is 38.2 Å². The number of imidazole rings is 1. The minimum atomic E-state index is 0.0638. The molecule has 0 radical (unpaired) electrons. The number of amides is 1. The second kappa shape index (κ2) is 8.23. The van der Waals surface area contributed by atoms with Gasteiger partial charge in [-0.05, 0) is 30.4 Å². The maximum Gasteiger partial charge on any atom is 0.230 e. The number of aromatic nitrogens is 2. The van der Waals surface area contributed by atoms with Crippen LogP contribution in [0.5, 0.6) is 0 Å². The van der Waals surface area contributed by atoms with Crippen LogP contribution in [0.15, 0.2) is 36.7 Å². The van der Waals surface area contributed by atoms with Crippen molar-refractivity contribution in [1.82, 2.24) is 14.5 Å². The summed E-state index contributed by atoms with van der Waals surface area (Å²) in [6.45, 7) is 3.27. The highest BCUT2D eigenvalue weighted by molar-refractivity contribution is 5.87. The Labute approximate surface area is 160 Å². The van der Waals surface area contributed by atoms with Gasteiger partial charge in [-0.1, -0.05) is 24.3 Å². The van der Waals surface area contributed by atoms with Crippen LogP contribution in [0.4, 0.5) is 0 Å². The summed E-state index contributed by atoms with van der Waals surface area (Å²) in [7, 11) is 1.67. The number of hydrogen-bond donors (Lipinski definition) is 0. The number of ether oxygens (including phenoxy) is 2. The van der Waals surface area contributed by atoms with Crippen LogP contribution in [0, 0.1) is 0 Å². The molecule has 1 aromatic heterocycles. The van der Waals surface area contributed by atoms with E-state index in [-0.39, 0.29) is 5.92 Å². The normalized spacial score (nSPS) is 19.6. The predicted molar refractivity (Wildman–Crippen MR) is 101 cm³/mol. The Bertz CT molecular complexity index is 780. The average Bonchev–Trinajstić information content (AvgIpc) is 3.15. The maximum atomic E-state index is 12.9. The zero-order chi connectivity index (χ0) is 18.6. The largest absolute Gasteiger partial charge is 0.382 e. The van der Waals surface area contributed by atoms with Gasteiger partial charge in [0.2, 0.25) is 5.91 Å². The van der Waals surface area contributed by atoms with E-state index in [1.54, 1.807) is 7.11 Å². The van der Waals surface area contributed by atoms with Gasteiger partial charge in [-0.15, -0.1) is 0 Å². The van der Waals surface area contributed by atoms with Crippen molar-refractivity contribution in [3.8, 4) is 0 Å². The van der Waals surface area contributed by atoms with Gasteiger partial charge in [0.15, 0.2) is 0 Å². The quantitative estimate of drug-likeness (QED) is 0.704. The van der Waals surface area contributed by atoms with Crippen molar-refractivity contribution in [2.45, 2.75) is 37.8 Å². The number of carbonyl (C=O) groups is 1. The molecule has 0 N–H and O–H groups in total. The van der Waals surface area contributed by atoms with E-state index in [2.05, 4.69) is 21.7 Å². The number of hydrogen-bond acceptors (Lipinski definition) is 4. The summed E-state index contributed by atoms with van der Waals surface area (Å²) in [5.74, 6) is 1.80. The Kier molecular flexibility index (Phi) is 5.55. The van der Waals surface area contributed by atoms with Gasteiger partial charge >= 0.3 is 0 Å². The molecule has 2 heterocycles. The van der Waals surface area contributed by atoms with Gasteiger partial charge in [-0.25, -0.2) is 4.98 Å². The van der Waals surface area contributed by atoms with E-state index >= 15 is 0 Å². The molecular weight excluding hydrogens is 342 g/mol. The summed E-state index contributed by atoms with van der Waals surface area (Å²) >= 11 is 0. The van der Waals surface area contributed by atoms with Crippen LogP contribution in [0.2, 0.25) is 0 Å². The van der Waals surface area contributed by atoms with Crippen molar-refractivity contribution in [2.24, 2.45) is 0 Å². The molecule has 0 bridgehead atoms. The van der Waals surface area contributed by atoms with E-state index in [1.165, 1.54) is 11.1 Å². The van der Waals surface area contributed by atoms with E-state index in [1.807, 2.05) is 29.4 Å². The van der Waals surface area contributed by atoms with E-state index in [4.69, 9.17) is 9.47 Å². The zero-order valence-electron chi connectivity index (χ0n) is 15.8. The fourth-order valence-electron chi connectivity index (χ4n) is 4.15. The first-order valence-corrected chi connectivity index (χ1v) is 9.72. The van der Waals surface area contributed by atoms with Gasteiger partial charge in [-0.3, -0.25) is 4.79 Å². The van der Waals surface area contributed by atoms with Crippen molar-refractivity contribution in [3.05, 3.63) is 53.6 Å². The lowest BCUT2D eigenvalue weighted by atomic mass is 9.76. The molecule has 1 amide bonds. The van der Waals surface area contributed by atoms with E-state index < -0.39 is 0 Å². The molecule has 2 aromatic rings. The van der Waals surface area contributed by atoms with Crippen LogP contribution in [0.3, 0.4) is 0 Å². The molecule has 1 aliphatic carbocycles. The van der Waals surface area contributed by atoms with Crippen LogP contribution in [-0.2, 0) is 27.4 Å². The first-order chi connectivity index (χ1) is 13.3. The lowest BCUT2D eigenvalue weighted by Gasteiger charge is -2.37. The number of benzene rings is 1. The van der Waals surface area contributed by atoms with Crippen molar-refractivity contribution >= 4 is 5.91 Å². The maximum absolute atomic E-state index is 12.9. The Morgan fingerprint density at radius 1 is 1.22 bits per heavy atom. The highest BCUT2D eigenvalue weighted by atomic mass is 16.5. The molecule has 1 aliphatic heterocycles. The van der Waals surface area contributed by atoms with Gasteiger partial charge in [0, 0.05) is 38.5 Å². The van der Waals surface area contributed by atoms with Gasteiger partial charge in [0.1, 0.15) is 12.6 Å². The number of fused-ring (bicyclic) bond motifs is 1. The number of methoxy groups -OCH3 is 1. The molecule has 0 spiro atoms. The summed E-state index contributed by atoms with van der Waals surface area (Å²) in [5.41, 5.74) is 2.54. The highest BCUT2D eigenvalue weighted by Gasteiger charge is 2.36. The van der Waals surface area contributed by atoms with Crippen LogP contribution in [0.25, 0.3) is 0 Å². The van der Waals surface area contributed by atoms with Crippen molar-refractivity contribution in [3.63, 3.8) is 0 Å². The van der Waals surface area contributed by atoms with Gasteiger partial charge in [0.25, 0.3) is 0 Å². The second-order valence-electron chi connectivity index (χ2n) is 7.34. The SMILES string of the molecule is COCCOCn1ccnc1C1CCN(C(=O)C2Cc3ccccc32)CC1. The topological polar surface area (TPSA) is 56.6 Å². The molecule has 6 heteroatoms. The first kappa shape index (κ1) is 18.2. The van der Waals surface area contributed by atoms with Gasteiger partial charge in [0.05, 0.1) is 19.1 Å². The molecule has 1 unspecified atom stereocenters. The fourth-order valence-corrected chi connectivity index (χ4v) is 4.15. The van der Waals surface area contributed by atoms with Gasteiger partial charge < -0.3 is 18.9 Å². The smallest absolute Gasteiger partial charge is 0.230 e. The van der Waals surface area contributed by atoms with Crippen LogP contribution in [0.1, 0.15) is 41.6 Å². The minimum absolute atomic E-state index is 0.0638. The second-order valence-corrected chi connectivity index (χ2v) is 7.34. The van der Waals surface area contributed by atoms with Crippen molar-refractivity contribution in [2.75, 3.05) is 33.4 Å². The summed E-state index contributed by atoms with van der Waals surface area (Å²) in [4.78, 5) is 19.5. The monoisotopic (exact) mass is 369 g/mol. The molecule has 2 aliphatic rings. The molecule has 1 fully saturated rings. The van der Waals surface area contributed by atoms with E-state index in [9.17, 15) is 4.79 Å². The molecule has 6 nitrogen and oxygen atoms in total. The number of nitrogens with zero attached hydrogens (tertiary/aromatic N) is 3. The summed E-state index contributed by atoms with van der Waals surface area (Å²) in [5, 5.41) is 0. The standard InChI is InChI=1S/C21H27N3O3/c1-26-12-13-27-15-24-11-8-22-20(24)16-6-9-23(10-7-16)21(25)19-14-17-4-2-3-5-18(17)19/h2-5,8,11,16,19H,6-7,9-10,12-15H2,1H3. The average molecular weight is 369 g/mol. The lowest BCUT2D eigenvalue weighted by Crippen LogP contribution is -2.43. The summed E-state index contributed by atoms with van der Waals surface area (Å²) < 4.78 is 12.7. The molecule has 27 heavy (non-hydrogen) atoms. The van der Waals surface area contributed by atoms with E-state index in [0.29, 0.717) is 31.8 Å². The third-order valence-corrected chi connectivity index (χ3v) is 5.73. The predicted octanol–water partition coefficient (Wildman–Crippen LogP) is 2.55. The first-order valence-electron chi connectivity index (χ1n) is 9.72. The minimum Gasteiger partial charge on any atom is -0.382 e. The molecule has 0 saturated carbocycles. The third-order valence-electron chi connectivity index (χ3n) is 5.73. The Morgan fingerprint density at radius 2 is 2.04 bits per heavy atom. The third kappa shape index (κ3) is 3.77. The Hall–Kier alpha value is -2.18. The number of likely N-dealkylation sites (tertiary alicyclic amines) is 1. The van der Waals surface area contributed by atoms with Crippen LogP contribution in [-0.4, -0.2) is 53.8 Å².